The van der Waals surface area contributed by atoms with E-state index < -0.39 is 0 Å². The average molecular weight is 457 g/mol. The van der Waals surface area contributed by atoms with Crippen molar-refractivity contribution in [1.82, 2.24) is 19.7 Å². The lowest BCUT2D eigenvalue weighted by molar-refractivity contribution is 0.102. The molecule has 0 unspecified atom stereocenters. The van der Waals surface area contributed by atoms with Gasteiger partial charge in [-0.05, 0) is 45.2 Å². The standard InChI is InChI=1S/C21H25BrN6O/c1-14(2)28-20-15(13-24-28)10-16(12-23-20)21(29)25-18-11-17(22)4-5-19(18)27-8-6-26(3)7-9-27/h4-5,10-14H,6-9H2,1-3H3,(H,25,29). The summed E-state index contributed by atoms with van der Waals surface area (Å²) < 4.78 is 2.79. The third kappa shape index (κ3) is 4.13. The number of pyridine rings is 1. The molecule has 0 spiro atoms. The lowest BCUT2D eigenvalue weighted by Gasteiger charge is -2.35. The SMILES string of the molecule is CC(C)n1ncc2cc(C(=O)Nc3cc(Br)ccc3N3CCN(C)CC3)cnc21. The highest BCUT2D eigenvalue weighted by Gasteiger charge is 2.19. The van der Waals surface area contributed by atoms with Crippen molar-refractivity contribution in [2.75, 3.05) is 43.4 Å². The van der Waals surface area contributed by atoms with E-state index in [-0.39, 0.29) is 11.9 Å². The molecule has 0 atom stereocenters. The van der Waals surface area contributed by atoms with Gasteiger partial charge in [0.2, 0.25) is 0 Å². The van der Waals surface area contributed by atoms with Gasteiger partial charge in [-0.15, -0.1) is 0 Å². The predicted molar refractivity (Wildman–Crippen MR) is 120 cm³/mol. The summed E-state index contributed by atoms with van der Waals surface area (Å²) in [6.45, 7) is 7.99. The van der Waals surface area contributed by atoms with Crippen LogP contribution in [-0.2, 0) is 0 Å². The quantitative estimate of drug-likeness (QED) is 0.646. The van der Waals surface area contributed by atoms with Gasteiger partial charge >= 0.3 is 0 Å². The highest BCUT2D eigenvalue weighted by Crippen LogP contribution is 2.30. The van der Waals surface area contributed by atoms with Crippen molar-refractivity contribution in [2.45, 2.75) is 19.9 Å². The molecule has 1 N–H and O–H groups in total. The van der Waals surface area contributed by atoms with Crippen LogP contribution in [0.3, 0.4) is 0 Å². The summed E-state index contributed by atoms with van der Waals surface area (Å²) in [5.41, 5.74) is 3.14. The Balaban J connectivity index is 1.59. The van der Waals surface area contributed by atoms with E-state index in [1.165, 1.54) is 0 Å². The number of aromatic nitrogens is 3. The molecule has 1 aromatic carbocycles. The zero-order valence-electron chi connectivity index (χ0n) is 16.9. The lowest BCUT2D eigenvalue weighted by atomic mass is 10.2. The minimum atomic E-state index is -0.176. The van der Waals surface area contributed by atoms with Gasteiger partial charge in [-0.3, -0.25) is 4.79 Å². The van der Waals surface area contributed by atoms with Crippen molar-refractivity contribution < 1.29 is 4.79 Å². The Kier molecular flexibility index (Phi) is 5.56. The number of fused-ring (bicyclic) bond motifs is 1. The molecule has 4 rings (SSSR count). The Bertz CT molecular complexity index is 1040. The topological polar surface area (TPSA) is 66.3 Å². The van der Waals surface area contributed by atoms with Gasteiger partial charge in [0.25, 0.3) is 5.91 Å². The fraction of sp³-hybridized carbons (Fsp3) is 0.381. The number of carbonyl (C=O) groups excluding carboxylic acids is 1. The van der Waals surface area contributed by atoms with E-state index in [0.717, 1.165) is 53.1 Å². The molecule has 1 fully saturated rings. The van der Waals surface area contributed by atoms with Crippen LogP contribution in [-0.4, -0.2) is 58.8 Å². The second-order valence-electron chi connectivity index (χ2n) is 7.73. The summed E-state index contributed by atoms with van der Waals surface area (Å²) in [6.07, 6.45) is 3.37. The maximum atomic E-state index is 13.0. The van der Waals surface area contributed by atoms with Crippen LogP contribution in [0.1, 0.15) is 30.2 Å². The van der Waals surface area contributed by atoms with Gasteiger partial charge in [-0.2, -0.15) is 5.10 Å². The monoisotopic (exact) mass is 456 g/mol. The fourth-order valence-electron chi connectivity index (χ4n) is 3.57. The van der Waals surface area contributed by atoms with Gasteiger partial charge in [0.15, 0.2) is 5.65 Å². The van der Waals surface area contributed by atoms with Crippen LogP contribution in [0.25, 0.3) is 11.0 Å². The molecule has 1 amide bonds. The van der Waals surface area contributed by atoms with E-state index in [2.05, 4.69) is 68.1 Å². The summed E-state index contributed by atoms with van der Waals surface area (Å²) in [5, 5.41) is 8.32. The first-order valence-electron chi connectivity index (χ1n) is 9.80. The molecule has 0 radical (unpaired) electrons. The van der Waals surface area contributed by atoms with Crippen molar-refractivity contribution in [2.24, 2.45) is 0 Å². The molecule has 0 saturated carbocycles. The van der Waals surface area contributed by atoms with E-state index in [9.17, 15) is 4.79 Å². The Labute approximate surface area is 178 Å². The molecule has 8 heteroatoms. The molecule has 0 bridgehead atoms. The number of carbonyl (C=O) groups is 1. The van der Waals surface area contributed by atoms with E-state index >= 15 is 0 Å². The summed E-state index contributed by atoms with van der Waals surface area (Å²) in [6, 6.07) is 8.08. The molecule has 0 aliphatic carbocycles. The van der Waals surface area contributed by atoms with Gasteiger partial charge in [0.1, 0.15) is 0 Å². The van der Waals surface area contributed by atoms with Crippen LogP contribution in [0.5, 0.6) is 0 Å². The molecular weight excluding hydrogens is 432 g/mol. The van der Waals surface area contributed by atoms with Crippen molar-refractivity contribution in [3.05, 3.63) is 46.7 Å². The van der Waals surface area contributed by atoms with Gasteiger partial charge < -0.3 is 15.1 Å². The van der Waals surface area contributed by atoms with Gasteiger partial charge in [-0.25, -0.2) is 9.67 Å². The van der Waals surface area contributed by atoms with E-state index in [1.807, 2.05) is 22.9 Å². The smallest absolute Gasteiger partial charge is 0.257 e. The number of anilines is 2. The van der Waals surface area contributed by atoms with Crippen LogP contribution >= 0.6 is 15.9 Å². The molecule has 29 heavy (non-hydrogen) atoms. The number of nitrogens with one attached hydrogen (secondary N) is 1. The van der Waals surface area contributed by atoms with Crippen molar-refractivity contribution in [1.29, 1.82) is 0 Å². The van der Waals surface area contributed by atoms with Gasteiger partial charge in [0, 0.05) is 48.3 Å². The summed E-state index contributed by atoms with van der Waals surface area (Å²) in [7, 11) is 2.13. The Hall–Kier alpha value is -2.45. The number of amides is 1. The number of rotatable bonds is 4. The highest BCUT2D eigenvalue weighted by atomic mass is 79.9. The normalized spacial score (nSPS) is 15.3. The summed E-state index contributed by atoms with van der Waals surface area (Å²) in [5.74, 6) is -0.176. The van der Waals surface area contributed by atoms with Crippen LogP contribution in [0.2, 0.25) is 0 Å². The average Bonchev–Trinajstić information content (AvgIpc) is 3.12. The third-order valence-corrected chi connectivity index (χ3v) is 5.73. The van der Waals surface area contributed by atoms with Crippen LogP contribution < -0.4 is 10.2 Å². The van der Waals surface area contributed by atoms with Crippen LogP contribution in [0, 0.1) is 0 Å². The zero-order chi connectivity index (χ0) is 20.5. The van der Waals surface area contributed by atoms with Crippen LogP contribution in [0.15, 0.2) is 41.1 Å². The Morgan fingerprint density at radius 2 is 1.90 bits per heavy atom. The molecule has 7 nitrogen and oxygen atoms in total. The molecule has 3 aromatic rings. The molecule has 152 valence electrons. The maximum Gasteiger partial charge on any atom is 0.257 e. The first-order chi connectivity index (χ1) is 13.9. The Morgan fingerprint density at radius 3 is 2.62 bits per heavy atom. The second-order valence-corrected chi connectivity index (χ2v) is 8.64. The van der Waals surface area contributed by atoms with Gasteiger partial charge in [0.05, 0.1) is 23.1 Å². The molecular formula is C21H25BrN6O. The minimum Gasteiger partial charge on any atom is -0.367 e. The molecule has 1 aliphatic heterocycles. The molecule has 1 saturated heterocycles. The van der Waals surface area contributed by atoms with Crippen molar-refractivity contribution >= 4 is 44.2 Å². The minimum absolute atomic E-state index is 0.176. The number of piperazine rings is 1. The Morgan fingerprint density at radius 1 is 1.14 bits per heavy atom. The van der Waals surface area contributed by atoms with Crippen molar-refractivity contribution in [3.8, 4) is 0 Å². The molecule has 2 aromatic heterocycles. The highest BCUT2D eigenvalue weighted by molar-refractivity contribution is 9.10. The number of nitrogens with zero attached hydrogens (tertiary/aromatic N) is 5. The van der Waals surface area contributed by atoms with E-state index in [4.69, 9.17) is 0 Å². The number of hydrogen-bond donors (Lipinski definition) is 1. The maximum absolute atomic E-state index is 13.0. The van der Waals surface area contributed by atoms with Crippen LogP contribution in [0.4, 0.5) is 11.4 Å². The van der Waals surface area contributed by atoms with Gasteiger partial charge in [-0.1, -0.05) is 15.9 Å². The summed E-state index contributed by atoms with van der Waals surface area (Å²) in [4.78, 5) is 22.1. The summed E-state index contributed by atoms with van der Waals surface area (Å²) >= 11 is 3.52. The number of halogens is 1. The third-order valence-electron chi connectivity index (χ3n) is 5.24. The number of hydrogen-bond acceptors (Lipinski definition) is 5. The van der Waals surface area contributed by atoms with E-state index in [0.29, 0.717) is 5.56 Å². The number of benzene rings is 1. The predicted octanol–water partition coefficient (Wildman–Crippen LogP) is 3.78. The zero-order valence-corrected chi connectivity index (χ0v) is 18.5. The second kappa shape index (κ2) is 8.12. The van der Waals surface area contributed by atoms with E-state index in [1.54, 1.807) is 12.4 Å². The fourth-order valence-corrected chi connectivity index (χ4v) is 3.93. The number of likely N-dealkylation sites (N-methyl/N-ethyl adjacent to an activating group) is 1. The first-order valence-corrected chi connectivity index (χ1v) is 10.6. The largest absolute Gasteiger partial charge is 0.367 e. The first kappa shape index (κ1) is 19.8. The van der Waals surface area contributed by atoms with Crippen molar-refractivity contribution in [3.63, 3.8) is 0 Å². The molecule has 3 heterocycles. The molecule has 1 aliphatic rings. The lowest BCUT2D eigenvalue weighted by Crippen LogP contribution is -2.44.